The molecule has 0 bridgehead atoms. The van der Waals surface area contributed by atoms with Crippen LogP contribution in [0.15, 0.2) is 0 Å². The van der Waals surface area contributed by atoms with Crippen molar-refractivity contribution in [2.75, 3.05) is 13.6 Å². The molecule has 0 saturated carbocycles. The molecule has 1 atom stereocenters. The van der Waals surface area contributed by atoms with Crippen LogP contribution in [0.5, 0.6) is 0 Å². The molecule has 1 heterocycles. The second-order valence-corrected chi connectivity index (χ2v) is 3.59. The Morgan fingerprint density at radius 2 is 2.11 bits per heavy atom. The van der Waals surface area contributed by atoms with Gasteiger partial charge in [-0.25, -0.2) is 0 Å². The summed E-state index contributed by atoms with van der Waals surface area (Å²) in [6.45, 7) is 5.22. The molecule has 1 saturated heterocycles. The molecule has 0 aromatic rings. The largest absolute Gasteiger partial charge is 0.378 e. The SMILES string of the molecule is CN1CCC(C)(C)C1O. The number of rotatable bonds is 0. The Morgan fingerprint density at radius 1 is 1.56 bits per heavy atom. The fourth-order valence-electron chi connectivity index (χ4n) is 1.31. The number of nitrogens with zero attached hydrogens (tertiary/aromatic N) is 1. The zero-order valence-electron chi connectivity index (χ0n) is 6.39. The Hall–Kier alpha value is -0.0800. The lowest BCUT2D eigenvalue weighted by molar-refractivity contribution is -0.0119. The van der Waals surface area contributed by atoms with Gasteiger partial charge in [0.15, 0.2) is 0 Å². The molecule has 1 rings (SSSR count). The summed E-state index contributed by atoms with van der Waals surface area (Å²) in [4.78, 5) is 1.99. The van der Waals surface area contributed by atoms with Gasteiger partial charge in [0.25, 0.3) is 0 Å². The summed E-state index contributed by atoms with van der Waals surface area (Å²) >= 11 is 0. The summed E-state index contributed by atoms with van der Waals surface area (Å²) in [5.41, 5.74) is 0.106. The summed E-state index contributed by atoms with van der Waals surface area (Å²) < 4.78 is 0. The van der Waals surface area contributed by atoms with E-state index in [9.17, 15) is 5.11 Å². The lowest BCUT2D eigenvalue weighted by Gasteiger charge is -2.24. The first-order valence-electron chi connectivity index (χ1n) is 3.42. The van der Waals surface area contributed by atoms with Crippen molar-refractivity contribution in [1.82, 2.24) is 4.90 Å². The van der Waals surface area contributed by atoms with Crippen LogP contribution in [-0.4, -0.2) is 29.8 Å². The van der Waals surface area contributed by atoms with Gasteiger partial charge in [-0.3, -0.25) is 4.90 Å². The van der Waals surface area contributed by atoms with E-state index in [0.717, 1.165) is 13.0 Å². The number of likely N-dealkylation sites (tertiary alicyclic amines) is 1. The third-order valence-corrected chi connectivity index (χ3v) is 2.23. The van der Waals surface area contributed by atoms with E-state index < -0.39 is 0 Å². The van der Waals surface area contributed by atoms with Gasteiger partial charge < -0.3 is 5.11 Å². The first-order valence-corrected chi connectivity index (χ1v) is 3.42. The summed E-state index contributed by atoms with van der Waals surface area (Å²) in [7, 11) is 1.96. The van der Waals surface area contributed by atoms with Gasteiger partial charge in [0, 0.05) is 12.0 Å². The highest BCUT2D eigenvalue weighted by Crippen LogP contribution is 2.32. The van der Waals surface area contributed by atoms with Crippen molar-refractivity contribution in [2.45, 2.75) is 26.5 Å². The Labute approximate surface area is 56.5 Å². The van der Waals surface area contributed by atoms with Crippen LogP contribution in [0.25, 0.3) is 0 Å². The zero-order valence-corrected chi connectivity index (χ0v) is 6.39. The van der Waals surface area contributed by atoms with Crippen LogP contribution in [0.3, 0.4) is 0 Å². The lowest BCUT2D eigenvalue weighted by Crippen LogP contribution is -2.33. The molecule has 0 aromatic carbocycles. The topological polar surface area (TPSA) is 23.5 Å². The highest BCUT2D eigenvalue weighted by molar-refractivity contribution is 4.84. The molecule has 0 amide bonds. The summed E-state index contributed by atoms with van der Waals surface area (Å²) in [5.74, 6) is 0. The van der Waals surface area contributed by atoms with Gasteiger partial charge >= 0.3 is 0 Å². The molecule has 1 unspecified atom stereocenters. The molecule has 2 nitrogen and oxygen atoms in total. The van der Waals surface area contributed by atoms with E-state index >= 15 is 0 Å². The molecular weight excluding hydrogens is 114 g/mol. The van der Waals surface area contributed by atoms with Gasteiger partial charge in [-0.2, -0.15) is 0 Å². The minimum absolute atomic E-state index is 0.106. The van der Waals surface area contributed by atoms with Crippen LogP contribution in [0, 0.1) is 5.41 Å². The normalized spacial score (nSPS) is 35.3. The maximum atomic E-state index is 9.45. The van der Waals surface area contributed by atoms with E-state index in [1.807, 2.05) is 11.9 Å². The second-order valence-electron chi connectivity index (χ2n) is 3.59. The monoisotopic (exact) mass is 129 g/mol. The Morgan fingerprint density at radius 3 is 2.22 bits per heavy atom. The molecule has 0 aromatic heterocycles. The van der Waals surface area contributed by atoms with Gasteiger partial charge in [0.1, 0.15) is 6.23 Å². The number of aliphatic hydroxyl groups is 1. The van der Waals surface area contributed by atoms with Crippen molar-refractivity contribution >= 4 is 0 Å². The van der Waals surface area contributed by atoms with Crippen LogP contribution in [0.4, 0.5) is 0 Å². The van der Waals surface area contributed by atoms with Gasteiger partial charge in [0.2, 0.25) is 0 Å². The van der Waals surface area contributed by atoms with Crippen LogP contribution >= 0.6 is 0 Å². The molecule has 9 heavy (non-hydrogen) atoms. The van der Waals surface area contributed by atoms with E-state index in [2.05, 4.69) is 13.8 Å². The van der Waals surface area contributed by atoms with Crippen molar-refractivity contribution in [1.29, 1.82) is 0 Å². The van der Waals surface area contributed by atoms with E-state index in [4.69, 9.17) is 0 Å². The van der Waals surface area contributed by atoms with E-state index in [-0.39, 0.29) is 11.6 Å². The molecule has 1 aliphatic heterocycles. The van der Waals surface area contributed by atoms with Crippen molar-refractivity contribution in [3.8, 4) is 0 Å². The van der Waals surface area contributed by atoms with E-state index in [1.165, 1.54) is 0 Å². The first-order chi connectivity index (χ1) is 4.04. The zero-order chi connectivity index (χ0) is 7.07. The van der Waals surface area contributed by atoms with E-state index in [0.29, 0.717) is 0 Å². The molecule has 54 valence electrons. The smallest absolute Gasteiger partial charge is 0.112 e. The molecule has 2 heteroatoms. The third-order valence-electron chi connectivity index (χ3n) is 2.23. The number of aliphatic hydroxyl groups excluding tert-OH is 1. The average Bonchev–Trinajstić information content (AvgIpc) is 1.97. The Bertz CT molecular complexity index is 111. The van der Waals surface area contributed by atoms with Crippen LogP contribution < -0.4 is 0 Å². The molecule has 1 fully saturated rings. The molecule has 0 aliphatic carbocycles. The average molecular weight is 129 g/mol. The fourth-order valence-corrected chi connectivity index (χ4v) is 1.31. The highest BCUT2D eigenvalue weighted by atomic mass is 16.3. The predicted octanol–water partition coefficient (Wildman–Crippen LogP) is 0.666. The maximum Gasteiger partial charge on any atom is 0.112 e. The minimum atomic E-state index is -0.238. The van der Waals surface area contributed by atoms with Crippen molar-refractivity contribution < 1.29 is 5.11 Å². The predicted molar refractivity (Wildman–Crippen MR) is 37.0 cm³/mol. The Kier molecular flexibility index (Phi) is 1.53. The molecule has 0 spiro atoms. The number of hydrogen-bond acceptors (Lipinski definition) is 2. The van der Waals surface area contributed by atoms with Gasteiger partial charge in [-0.05, 0) is 13.5 Å². The quantitative estimate of drug-likeness (QED) is 0.519. The number of hydrogen-bond donors (Lipinski definition) is 1. The molecular formula is C7H15NO. The molecule has 0 radical (unpaired) electrons. The van der Waals surface area contributed by atoms with Crippen LogP contribution in [0.1, 0.15) is 20.3 Å². The molecule has 1 N–H and O–H groups in total. The summed E-state index contributed by atoms with van der Waals surface area (Å²) in [6, 6.07) is 0. The molecule has 1 aliphatic rings. The minimum Gasteiger partial charge on any atom is -0.378 e. The van der Waals surface area contributed by atoms with Gasteiger partial charge in [0.05, 0.1) is 0 Å². The van der Waals surface area contributed by atoms with Gasteiger partial charge in [-0.1, -0.05) is 13.8 Å². The lowest BCUT2D eigenvalue weighted by atomic mass is 9.91. The van der Waals surface area contributed by atoms with Crippen LogP contribution in [0.2, 0.25) is 0 Å². The third kappa shape index (κ3) is 1.10. The highest BCUT2D eigenvalue weighted by Gasteiger charge is 2.36. The van der Waals surface area contributed by atoms with Gasteiger partial charge in [-0.15, -0.1) is 0 Å². The van der Waals surface area contributed by atoms with Crippen molar-refractivity contribution in [3.05, 3.63) is 0 Å². The van der Waals surface area contributed by atoms with E-state index in [1.54, 1.807) is 0 Å². The second kappa shape index (κ2) is 1.96. The fraction of sp³-hybridized carbons (Fsp3) is 1.00. The van der Waals surface area contributed by atoms with Crippen LogP contribution in [-0.2, 0) is 0 Å². The standard InChI is InChI=1S/C7H15NO/c1-7(2)4-5-8(3)6(7)9/h6,9H,4-5H2,1-3H3. The van der Waals surface area contributed by atoms with Crippen molar-refractivity contribution in [2.24, 2.45) is 5.41 Å². The summed E-state index contributed by atoms with van der Waals surface area (Å²) in [6.07, 6.45) is 0.863. The maximum absolute atomic E-state index is 9.45. The van der Waals surface area contributed by atoms with Crippen molar-refractivity contribution in [3.63, 3.8) is 0 Å². The summed E-state index contributed by atoms with van der Waals surface area (Å²) in [5, 5.41) is 9.45. The Balaban J connectivity index is 2.62. The first kappa shape index (κ1) is 7.03.